The Morgan fingerprint density at radius 2 is 1.85 bits per heavy atom. The van der Waals surface area contributed by atoms with Crippen LogP contribution in [-0.4, -0.2) is 50.3 Å². The van der Waals surface area contributed by atoms with Crippen LogP contribution in [0.3, 0.4) is 0 Å². The van der Waals surface area contributed by atoms with Crippen LogP contribution in [0.15, 0.2) is 0 Å². The largest absolute Gasteiger partial charge is 0.381 e. The van der Waals surface area contributed by atoms with E-state index in [1.807, 2.05) is 0 Å². The molecule has 0 aromatic heterocycles. The third-order valence-corrected chi connectivity index (χ3v) is 4.59. The fourth-order valence-corrected chi connectivity index (χ4v) is 3.45. The van der Waals surface area contributed by atoms with Crippen LogP contribution >= 0.6 is 0 Å². The highest BCUT2D eigenvalue weighted by molar-refractivity contribution is 4.83. The third-order valence-electron chi connectivity index (χ3n) is 4.59. The van der Waals surface area contributed by atoms with Crippen LogP contribution in [-0.2, 0) is 4.74 Å². The molecule has 2 unspecified atom stereocenters. The van der Waals surface area contributed by atoms with E-state index in [4.69, 9.17) is 4.74 Å². The summed E-state index contributed by atoms with van der Waals surface area (Å²) in [6.45, 7) is 11.2. The van der Waals surface area contributed by atoms with Crippen molar-refractivity contribution >= 4 is 0 Å². The topological polar surface area (TPSA) is 24.5 Å². The molecular formula is C17H36N2O. The Kier molecular flexibility index (Phi) is 9.49. The summed E-state index contributed by atoms with van der Waals surface area (Å²) in [5.41, 5.74) is 0. The van der Waals surface area contributed by atoms with Crippen molar-refractivity contribution in [3.05, 3.63) is 0 Å². The minimum Gasteiger partial charge on any atom is -0.381 e. The lowest BCUT2D eigenvalue weighted by Crippen LogP contribution is -2.50. The molecule has 3 nitrogen and oxygen atoms in total. The molecule has 2 atom stereocenters. The predicted octanol–water partition coefficient (Wildman–Crippen LogP) is 3.29. The first-order valence-corrected chi connectivity index (χ1v) is 8.74. The summed E-state index contributed by atoms with van der Waals surface area (Å²) in [6, 6.07) is 1.32. The van der Waals surface area contributed by atoms with Crippen molar-refractivity contribution in [2.45, 2.75) is 71.4 Å². The number of hydrogen-bond donors (Lipinski definition) is 1. The predicted molar refractivity (Wildman–Crippen MR) is 87.2 cm³/mol. The maximum absolute atomic E-state index is 5.48. The second-order valence-corrected chi connectivity index (χ2v) is 6.32. The van der Waals surface area contributed by atoms with Gasteiger partial charge < -0.3 is 15.0 Å². The van der Waals surface area contributed by atoms with Gasteiger partial charge in [-0.1, -0.05) is 27.2 Å². The summed E-state index contributed by atoms with van der Waals surface area (Å²) >= 11 is 0. The molecule has 20 heavy (non-hydrogen) atoms. The first kappa shape index (κ1) is 17.9. The summed E-state index contributed by atoms with van der Waals surface area (Å²) in [4.78, 5) is 2.61. The van der Waals surface area contributed by atoms with Crippen molar-refractivity contribution in [1.29, 1.82) is 0 Å². The lowest BCUT2D eigenvalue weighted by Gasteiger charge is -2.37. The second kappa shape index (κ2) is 10.6. The van der Waals surface area contributed by atoms with Crippen molar-refractivity contribution in [2.75, 3.05) is 33.4 Å². The average molecular weight is 284 g/mol. The summed E-state index contributed by atoms with van der Waals surface area (Å²) in [7, 11) is 2.32. The van der Waals surface area contributed by atoms with E-state index in [0.717, 1.165) is 25.7 Å². The van der Waals surface area contributed by atoms with Crippen molar-refractivity contribution in [1.82, 2.24) is 10.2 Å². The summed E-state index contributed by atoms with van der Waals surface area (Å²) in [5.74, 6) is 0.830. The van der Waals surface area contributed by atoms with Gasteiger partial charge in [-0.3, -0.25) is 0 Å². The molecule has 0 spiro atoms. The van der Waals surface area contributed by atoms with Gasteiger partial charge in [0.25, 0.3) is 0 Å². The molecule has 1 N–H and O–H groups in total. The van der Waals surface area contributed by atoms with E-state index < -0.39 is 0 Å². The van der Waals surface area contributed by atoms with Gasteiger partial charge in [-0.2, -0.15) is 0 Å². The molecule has 1 saturated heterocycles. The smallest absolute Gasteiger partial charge is 0.0469 e. The Bertz CT molecular complexity index is 229. The van der Waals surface area contributed by atoms with Crippen LogP contribution in [0.25, 0.3) is 0 Å². The van der Waals surface area contributed by atoms with Gasteiger partial charge in [0.2, 0.25) is 0 Å². The summed E-state index contributed by atoms with van der Waals surface area (Å²) in [5, 5.41) is 3.77. The van der Waals surface area contributed by atoms with Gasteiger partial charge in [-0.25, -0.2) is 0 Å². The lowest BCUT2D eigenvalue weighted by molar-refractivity contribution is 0.0463. The van der Waals surface area contributed by atoms with Gasteiger partial charge >= 0.3 is 0 Å². The molecule has 0 radical (unpaired) electrons. The van der Waals surface area contributed by atoms with Gasteiger partial charge in [0, 0.05) is 31.8 Å². The highest BCUT2D eigenvalue weighted by Crippen LogP contribution is 2.19. The monoisotopic (exact) mass is 284 g/mol. The Labute approximate surface area is 126 Å². The fraction of sp³-hybridized carbons (Fsp3) is 1.00. The number of ether oxygens (including phenoxy) is 1. The maximum atomic E-state index is 5.48. The molecule has 1 fully saturated rings. The van der Waals surface area contributed by atoms with Gasteiger partial charge in [0.15, 0.2) is 0 Å². The number of likely N-dealkylation sites (N-methyl/N-ethyl adjacent to an activating group) is 1. The van der Waals surface area contributed by atoms with E-state index >= 15 is 0 Å². The van der Waals surface area contributed by atoms with Gasteiger partial charge in [0.05, 0.1) is 0 Å². The standard InChI is InChI=1S/C17H36N2O/c1-5-8-16(18-11-6-2)17(7-3)19(4)14-15-9-12-20-13-10-15/h15-18H,5-14H2,1-4H3. The molecule has 1 rings (SSSR count). The normalized spacial score (nSPS) is 20.2. The Morgan fingerprint density at radius 1 is 1.15 bits per heavy atom. The number of nitrogens with zero attached hydrogens (tertiary/aromatic N) is 1. The molecule has 3 heteroatoms. The van der Waals surface area contributed by atoms with E-state index in [-0.39, 0.29) is 0 Å². The van der Waals surface area contributed by atoms with Crippen LogP contribution in [0.5, 0.6) is 0 Å². The second-order valence-electron chi connectivity index (χ2n) is 6.32. The molecule has 0 amide bonds. The van der Waals surface area contributed by atoms with Crippen LogP contribution in [0.4, 0.5) is 0 Å². The zero-order valence-electron chi connectivity index (χ0n) is 14.2. The van der Waals surface area contributed by atoms with E-state index in [1.54, 1.807) is 0 Å². The molecular weight excluding hydrogens is 248 g/mol. The lowest BCUT2D eigenvalue weighted by atomic mass is 9.95. The first-order chi connectivity index (χ1) is 9.72. The molecule has 1 aliphatic heterocycles. The van der Waals surface area contributed by atoms with E-state index in [9.17, 15) is 0 Å². The maximum Gasteiger partial charge on any atom is 0.0469 e. The van der Waals surface area contributed by atoms with Crippen LogP contribution in [0.1, 0.15) is 59.3 Å². The molecule has 120 valence electrons. The molecule has 0 bridgehead atoms. The molecule has 0 aromatic carbocycles. The zero-order chi connectivity index (χ0) is 14.8. The zero-order valence-corrected chi connectivity index (χ0v) is 14.2. The minimum absolute atomic E-state index is 0.648. The molecule has 0 aromatic rings. The Balaban J connectivity index is 2.50. The van der Waals surface area contributed by atoms with Crippen molar-refractivity contribution < 1.29 is 4.74 Å². The highest BCUT2D eigenvalue weighted by Gasteiger charge is 2.25. The van der Waals surface area contributed by atoms with Gasteiger partial charge in [-0.05, 0) is 51.6 Å². The van der Waals surface area contributed by atoms with Gasteiger partial charge in [-0.15, -0.1) is 0 Å². The summed E-state index contributed by atoms with van der Waals surface area (Å²) in [6.07, 6.45) is 7.49. The average Bonchev–Trinajstić information content (AvgIpc) is 2.46. The molecule has 0 saturated carbocycles. The SMILES string of the molecule is CCCNC(CCC)C(CC)N(C)CC1CCOCC1. The Morgan fingerprint density at radius 3 is 2.40 bits per heavy atom. The quantitative estimate of drug-likeness (QED) is 0.666. The Hall–Kier alpha value is -0.120. The molecule has 1 heterocycles. The minimum atomic E-state index is 0.648. The molecule has 0 aliphatic carbocycles. The van der Waals surface area contributed by atoms with Crippen molar-refractivity contribution in [3.63, 3.8) is 0 Å². The van der Waals surface area contributed by atoms with Crippen LogP contribution in [0.2, 0.25) is 0 Å². The number of nitrogens with one attached hydrogen (secondary N) is 1. The third kappa shape index (κ3) is 6.11. The number of hydrogen-bond acceptors (Lipinski definition) is 3. The van der Waals surface area contributed by atoms with Gasteiger partial charge in [0.1, 0.15) is 0 Å². The first-order valence-electron chi connectivity index (χ1n) is 8.74. The van der Waals surface area contributed by atoms with E-state index in [2.05, 4.69) is 38.0 Å². The van der Waals surface area contributed by atoms with Crippen molar-refractivity contribution in [2.24, 2.45) is 5.92 Å². The fourth-order valence-electron chi connectivity index (χ4n) is 3.45. The number of rotatable bonds is 10. The van der Waals surface area contributed by atoms with Crippen LogP contribution < -0.4 is 5.32 Å². The van der Waals surface area contributed by atoms with Crippen LogP contribution in [0, 0.1) is 5.92 Å². The molecule has 1 aliphatic rings. The summed E-state index contributed by atoms with van der Waals surface area (Å²) < 4.78 is 5.48. The van der Waals surface area contributed by atoms with Crippen molar-refractivity contribution in [3.8, 4) is 0 Å². The van der Waals surface area contributed by atoms with E-state index in [0.29, 0.717) is 12.1 Å². The van der Waals surface area contributed by atoms with E-state index in [1.165, 1.54) is 45.1 Å². The highest BCUT2D eigenvalue weighted by atomic mass is 16.5.